The van der Waals surface area contributed by atoms with Crippen LogP contribution in [-0.4, -0.2) is 31.9 Å². The number of nitrogens with zero attached hydrogens (tertiary/aromatic N) is 1. The van der Waals surface area contributed by atoms with E-state index < -0.39 is 10.0 Å². The first-order valence-corrected chi connectivity index (χ1v) is 9.21. The molecule has 6 heteroatoms. The maximum atomic E-state index is 12.7. The van der Waals surface area contributed by atoms with Crippen molar-refractivity contribution in [1.82, 2.24) is 9.62 Å². The van der Waals surface area contributed by atoms with Gasteiger partial charge in [0.1, 0.15) is 4.21 Å². The minimum absolute atomic E-state index is 0.376. The Hall–Kier alpha value is -0.430. The fraction of sp³-hybridized carbons (Fsp3) is 0.714. The Morgan fingerprint density at radius 2 is 1.95 bits per heavy atom. The van der Waals surface area contributed by atoms with Gasteiger partial charge in [0.2, 0.25) is 0 Å². The SMILES string of the molecule is CCNCc1sc(S(=O)(=O)N(C)C(C)(C)CC)cc1C. The van der Waals surface area contributed by atoms with Crippen LogP contribution in [0.2, 0.25) is 0 Å². The van der Waals surface area contributed by atoms with Gasteiger partial charge in [-0.05, 0) is 45.4 Å². The molecule has 0 saturated carbocycles. The van der Waals surface area contributed by atoms with Gasteiger partial charge in [-0.25, -0.2) is 8.42 Å². The minimum Gasteiger partial charge on any atom is -0.312 e. The smallest absolute Gasteiger partial charge is 0.252 e. The Labute approximate surface area is 127 Å². The highest BCUT2D eigenvalue weighted by Gasteiger charge is 2.33. The average molecular weight is 319 g/mol. The van der Waals surface area contributed by atoms with Gasteiger partial charge >= 0.3 is 0 Å². The van der Waals surface area contributed by atoms with Gasteiger partial charge in [0, 0.05) is 24.0 Å². The van der Waals surface area contributed by atoms with Crippen molar-refractivity contribution in [2.24, 2.45) is 0 Å². The molecule has 0 amide bonds. The second kappa shape index (κ2) is 6.56. The quantitative estimate of drug-likeness (QED) is 0.841. The van der Waals surface area contributed by atoms with Crippen molar-refractivity contribution in [3.63, 3.8) is 0 Å². The zero-order valence-corrected chi connectivity index (χ0v) is 14.9. The monoisotopic (exact) mass is 318 g/mol. The lowest BCUT2D eigenvalue weighted by molar-refractivity contribution is 0.257. The average Bonchev–Trinajstić information content (AvgIpc) is 2.77. The van der Waals surface area contributed by atoms with Crippen molar-refractivity contribution < 1.29 is 8.42 Å². The molecular formula is C14H26N2O2S2. The normalized spacial score (nSPS) is 13.2. The summed E-state index contributed by atoms with van der Waals surface area (Å²) >= 11 is 1.37. The number of hydrogen-bond acceptors (Lipinski definition) is 4. The summed E-state index contributed by atoms with van der Waals surface area (Å²) in [6.45, 7) is 11.5. The zero-order valence-electron chi connectivity index (χ0n) is 13.3. The van der Waals surface area contributed by atoms with Crippen molar-refractivity contribution >= 4 is 21.4 Å². The van der Waals surface area contributed by atoms with E-state index in [1.807, 2.05) is 34.6 Å². The third-order valence-corrected chi connectivity index (χ3v) is 7.62. The fourth-order valence-electron chi connectivity index (χ4n) is 1.71. The summed E-state index contributed by atoms with van der Waals surface area (Å²) in [5.74, 6) is 0. The molecule has 1 aromatic heterocycles. The van der Waals surface area contributed by atoms with Crippen LogP contribution in [0.25, 0.3) is 0 Å². The first-order valence-electron chi connectivity index (χ1n) is 6.95. The topological polar surface area (TPSA) is 49.4 Å². The number of sulfonamides is 1. The van der Waals surface area contributed by atoms with E-state index in [1.54, 1.807) is 13.1 Å². The van der Waals surface area contributed by atoms with E-state index in [1.165, 1.54) is 15.6 Å². The van der Waals surface area contributed by atoms with Crippen LogP contribution in [0, 0.1) is 6.92 Å². The predicted molar refractivity (Wildman–Crippen MR) is 85.8 cm³/mol. The lowest BCUT2D eigenvalue weighted by Gasteiger charge is -2.33. The van der Waals surface area contributed by atoms with E-state index >= 15 is 0 Å². The molecule has 0 aliphatic rings. The Morgan fingerprint density at radius 1 is 1.35 bits per heavy atom. The molecule has 4 nitrogen and oxygen atoms in total. The van der Waals surface area contributed by atoms with E-state index in [-0.39, 0.29) is 5.54 Å². The van der Waals surface area contributed by atoms with E-state index in [0.717, 1.165) is 30.0 Å². The van der Waals surface area contributed by atoms with Crippen molar-refractivity contribution in [2.75, 3.05) is 13.6 Å². The Kier molecular flexibility index (Phi) is 5.78. The molecule has 1 N–H and O–H groups in total. The molecule has 20 heavy (non-hydrogen) atoms. The van der Waals surface area contributed by atoms with Crippen molar-refractivity contribution in [3.05, 3.63) is 16.5 Å². The molecule has 0 radical (unpaired) electrons. The second-order valence-electron chi connectivity index (χ2n) is 5.59. The van der Waals surface area contributed by atoms with E-state index in [0.29, 0.717) is 4.21 Å². The highest BCUT2D eigenvalue weighted by atomic mass is 32.2. The van der Waals surface area contributed by atoms with Crippen molar-refractivity contribution in [3.8, 4) is 0 Å². The zero-order chi connectivity index (χ0) is 15.6. The Morgan fingerprint density at radius 3 is 2.45 bits per heavy atom. The van der Waals surface area contributed by atoms with Gasteiger partial charge in [-0.3, -0.25) is 0 Å². The van der Waals surface area contributed by atoms with E-state index in [4.69, 9.17) is 0 Å². The van der Waals surface area contributed by atoms with Crippen LogP contribution in [0.1, 0.15) is 44.6 Å². The lowest BCUT2D eigenvalue weighted by atomic mass is 10.0. The van der Waals surface area contributed by atoms with Gasteiger partial charge in [0.25, 0.3) is 10.0 Å². The van der Waals surface area contributed by atoms with Crippen LogP contribution >= 0.6 is 11.3 Å². The summed E-state index contributed by atoms with van der Waals surface area (Å²) in [5.41, 5.74) is 0.663. The third kappa shape index (κ3) is 3.61. The fourth-order valence-corrected chi connectivity index (χ4v) is 5.02. The number of rotatable bonds is 7. The largest absolute Gasteiger partial charge is 0.312 e. The maximum absolute atomic E-state index is 12.7. The molecule has 0 unspecified atom stereocenters. The first kappa shape index (κ1) is 17.6. The molecular weight excluding hydrogens is 292 g/mol. The first-order chi connectivity index (χ1) is 9.16. The summed E-state index contributed by atoms with van der Waals surface area (Å²) < 4.78 is 27.3. The molecule has 1 heterocycles. The minimum atomic E-state index is -3.41. The predicted octanol–water partition coefficient (Wildman–Crippen LogP) is 2.98. The van der Waals surface area contributed by atoms with E-state index in [9.17, 15) is 8.42 Å². The molecule has 0 aliphatic heterocycles. The van der Waals surface area contributed by atoms with Crippen molar-refractivity contribution in [2.45, 2.75) is 57.3 Å². The molecule has 0 aliphatic carbocycles. The summed E-state index contributed by atoms with van der Waals surface area (Å²) in [6, 6.07) is 1.79. The second-order valence-corrected chi connectivity index (χ2v) is 8.92. The van der Waals surface area contributed by atoms with Gasteiger partial charge in [0.15, 0.2) is 0 Å². The van der Waals surface area contributed by atoms with Crippen LogP contribution in [0.4, 0.5) is 0 Å². The summed E-state index contributed by atoms with van der Waals surface area (Å²) in [6.07, 6.45) is 0.775. The van der Waals surface area contributed by atoms with Gasteiger partial charge in [-0.15, -0.1) is 11.3 Å². The van der Waals surface area contributed by atoms with Crippen LogP contribution in [0.5, 0.6) is 0 Å². The number of aryl methyl sites for hydroxylation is 1. The maximum Gasteiger partial charge on any atom is 0.252 e. The molecule has 0 aromatic carbocycles. The van der Waals surface area contributed by atoms with Crippen LogP contribution < -0.4 is 5.32 Å². The van der Waals surface area contributed by atoms with Gasteiger partial charge in [-0.2, -0.15) is 4.31 Å². The van der Waals surface area contributed by atoms with Gasteiger partial charge in [0.05, 0.1) is 0 Å². The molecule has 116 valence electrons. The Bertz CT molecular complexity index is 548. The summed E-state index contributed by atoms with van der Waals surface area (Å²) in [7, 11) is -1.75. The summed E-state index contributed by atoms with van der Waals surface area (Å²) in [4.78, 5) is 1.09. The van der Waals surface area contributed by atoms with Crippen molar-refractivity contribution in [1.29, 1.82) is 0 Å². The molecule has 0 fully saturated rings. The van der Waals surface area contributed by atoms with Gasteiger partial charge in [-0.1, -0.05) is 13.8 Å². The van der Waals surface area contributed by atoms with Crippen LogP contribution in [-0.2, 0) is 16.6 Å². The number of hydrogen-bond donors (Lipinski definition) is 1. The standard InChI is InChI=1S/C14H26N2O2S2/c1-7-14(4,5)16(6)20(17,18)13-9-11(3)12(19-13)10-15-8-2/h9,15H,7-8,10H2,1-6H3. The highest BCUT2D eigenvalue weighted by molar-refractivity contribution is 7.91. The molecule has 0 saturated heterocycles. The molecule has 1 aromatic rings. The number of thiophene rings is 1. The molecule has 0 atom stereocenters. The van der Waals surface area contributed by atoms with Gasteiger partial charge < -0.3 is 5.32 Å². The molecule has 0 bridgehead atoms. The molecule has 1 rings (SSSR count). The van der Waals surface area contributed by atoms with E-state index in [2.05, 4.69) is 5.32 Å². The van der Waals surface area contributed by atoms with Crippen LogP contribution in [0.15, 0.2) is 10.3 Å². The number of nitrogens with one attached hydrogen (secondary N) is 1. The van der Waals surface area contributed by atoms with Crippen LogP contribution in [0.3, 0.4) is 0 Å². The lowest BCUT2D eigenvalue weighted by Crippen LogP contribution is -2.44. The Balaban J connectivity index is 3.10. The summed E-state index contributed by atoms with van der Waals surface area (Å²) in [5, 5.41) is 3.24. The molecule has 0 spiro atoms. The highest BCUT2D eigenvalue weighted by Crippen LogP contribution is 2.31. The third-order valence-electron chi connectivity index (χ3n) is 3.87.